The maximum Gasteiger partial charge on any atom is 0.269 e. The van der Waals surface area contributed by atoms with E-state index in [9.17, 15) is 10.1 Å². The number of rotatable bonds is 11. The number of nitro benzene ring substituents is 1. The molecule has 27 heavy (non-hydrogen) atoms. The van der Waals surface area contributed by atoms with Gasteiger partial charge in [0, 0.05) is 43.5 Å². The van der Waals surface area contributed by atoms with Gasteiger partial charge >= 0.3 is 0 Å². The van der Waals surface area contributed by atoms with Gasteiger partial charge in [0.05, 0.1) is 12.0 Å². The molecule has 0 bridgehead atoms. The number of nitrogens with one attached hydrogen (secondary N) is 1. The van der Waals surface area contributed by atoms with E-state index in [-0.39, 0.29) is 12.3 Å². The summed E-state index contributed by atoms with van der Waals surface area (Å²) >= 11 is 6.36. The Morgan fingerprint density at radius 2 is 1.89 bits per heavy atom. The molecule has 1 N–H and O–H groups in total. The molecule has 0 saturated carbocycles. The molecule has 2 rings (SSSR count). The summed E-state index contributed by atoms with van der Waals surface area (Å²) in [6, 6.07) is 9.77. The van der Waals surface area contributed by atoms with Crippen molar-refractivity contribution < 1.29 is 19.1 Å². The third-order valence-electron chi connectivity index (χ3n) is 3.89. The van der Waals surface area contributed by atoms with Crippen LogP contribution in [0.25, 0.3) is 0 Å². The van der Waals surface area contributed by atoms with Crippen molar-refractivity contribution >= 4 is 17.3 Å². The third kappa shape index (κ3) is 6.39. The number of methoxy groups -OCH3 is 2. The van der Waals surface area contributed by atoms with Gasteiger partial charge < -0.3 is 19.5 Å². The van der Waals surface area contributed by atoms with Gasteiger partial charge in [0.25, 0.3) is 5.69 Å². The highest BCUT2D eigenvalue weighted by molar-refractivity contribution is 6.31. The normalized spacial score (nSPS) is 10.6. The molecule has 2 aromatic carbocycles. The largest absolute Gasteiger partial charge is 0.493 e. The van der Waals surface area contributed by atoms with Gasteiger partial charge in [-0.15, -0.1) is 0 Å². The fourth-order valence-electron chi connectivity index (χ4n) is 2.42. The van der Waals surface area contributed by atoms with Crippen LogP contribution in [0.15, 0.2) is 36.4 Å². The first-order valence-electron chi connectivity index (χ1n) is 8.47. The first kappa shape index (κ1) is 21.0. The van der Waals surface area contributed by atoms with Crippen molar-refractivity contribution in [3.8, 4) is 11.5 Å². The molecule has 0 unspecified atom stereocenters. The van der Waals surface area contributed by atoms with Crippen LogP contribution in [-0.4, -0.2) is 32.3 Å². The second-order valence-corrected chi connectivity index (χ2v) is 6.24. The van der Waals surface area contributed by atoms with Crippen molar-refractivity contribution in [1.29, 1.82) is 0 Å². The SMILES string of the molecule is COCCCNCc1cc(OC)c(OCc2ccc([N+](=O)[O-])cc2)cc1Cl. The molecule has 0 aliphatic heterocycles. The van der Waals surface area contributed by atoms with Gasteiger partial charge in [0.15, 0.2) is 11.5 Å². The van der Waals surface area contributed by atoms with Crippen molar-refractivity contribution in [1.82, 2.24) is 5.32 Å². The van der Waals surface area contributed by atoms with E-state index in [0.29, 0.717) is 29.7 Å². The molecule has 0 aliphatic rings. The third-order valence-corrected chi connectivity index (χ3v) is 4.24. The number of halogens is 1. The molecule has 0 aliphatic carbocycles. The van der Waals surface area contributed by atoms with Gasteiger partial charge in [-0.05, 0) is 42.3 Å². The Bertz CT molecular complexity index is 753. The standard InChI is InChI=1S/C19H23ClN2O5/c1-25-9-3-8-21-12-15-10-18(26-2)19(11-17(15)20)27-13-14-4-6-16(7-5-14)22(23)24/h4-7,10-11,21H,3,8-9,12-13H2,1-2H3. The van der Waals surface area contributed by atoms with Crippen molar-refractivity contribution in [2.75, 3.05) is 27.4 Å². The summed E-state index contributed by atoms with van der Waals surface area (Å²) < 4.78 is 16.2. The number of hydrogen-bond donors (Lipinski definition) is 1. The average molecular weight is 395 g/mol. The van der Waals surface area contributed by atoms with Gasteiger partial charge in [-0.25, -0.2) is 0 Å². The van der Waals surface area contributed by atoms with Crippen molar-refractivity contribution in [2.24, 2.45) is 0 Å². The maximum absolute atomic E-state index is 10.7. The minimum atomic E-state index is -0.435. The lowest BCUT2D eigenvalue weighted by Gasteiger charge is -2.14. The van der Waals surface area contributed by atoms with Crippen LogP contribution in [0.3, 0.4) is 0 Å². The predicted molar refractivity (Wildman–Crippen MR) is 104 cm³/mol. The number of benzene rings is 2. The minimum absolute atomic E-state index is 0.0433. The summed E-state index contributed by atoms with van der Waals surface area (Å²) in [5.74, 6) is 1.10. The summed E-state index contributed by atoms with van der Waals surface area (Å²) in [5.41, 5.74) is 1.76. The molecule has 0 heterocycles. The van der Waals surface area contributed by atoms with E-state index in [2.05, 4.69) is 5.32 Å². The molecular formula is C19H23ClN2O5. The van der Waals surface area contributed by atoms with E-state index in [1.54, 1.807) is 32.4 Å². The Morgan fingerprint density at radius 3 is 2.52 bits per heavy atom. The Balaban J connectivity index is 1.99. The molecule has 146 valence electrons. The second-order valence-electron chi connectivity index (χ2n) is 5.83. The predicted octanol–water partition coefficient (Wildman–Crippen LogP) is 3.96. The zero-order valence-corrected chi connectivity index (χ0v) is 16.1. The summed E-state index contributed by atoms with van der Waals surface area (Å²) in [6.07, 6.45) is 0.918. The monoisotopic (exact) mass is 394 g/mol. The first-order chi connectivity index (χ1) is 13.0. The topological polar surface area (TPSA) is 82.9 Å². The minimum Gasteiger partial charge on any atom is -0.493 e. The zero-order valence-electron chi connectivity index (χ0n) is 15.4. The smallest absolute Gasteiger partial charge is 0.269 e. The lowest BCUT2D eigenvalue weighted by Crippen LogP contribution is -2.16. The molecule has 0 radical (unpaired) electrons. The number of nitro groups is 1. The van der Waals surface area contributed by atoms with Crippen LogP contribution in [-0.2, 0) is 17.9 Å². The molecule has 8 heteroatoms. The van der Waals surface area contributed by atoms with Gasteiger partial charge in [-0.3, -0.25) is 10.1 Å². The Kier molecular flexibility index (Phi) is 8.32. The summed E-state index contributed by atoms with van der Waals surface area (Å²) in [6.45, 7) is 2.39. The molecule has 0 fully saturated rings. The fourth-order valence-corrected chi connectivity index (χ4v) is 2.65. The number of ether oxygens (including phenoxy) is 3. The quantitative estimate of drug-likeness (QED) is 0.353. The molecule has 2 aromatic rings. The van der Waals surface area contributed by atoms with E-state index in [1.807, 2.05) is 6.07 Å². The maximum atomic E-state index is 10.7. The highest BCUT2D eigenvalue weighted by Gasteiger charge is 2.11. The van der Waals surface area contributed by atoms with Crippen LogP contribution in [0, 0.1) is 10.1 Å². The summed E-state index contributed by atoms with van der Waals surface area (Å²) in [7, 11) is 3.24. The van der Waals surface area contributed by atoms with Crippen LogP contribution < -0.4 is 14.8 Å². The van der Waals surface area contributed by atoms with E-state index < -0.39 is 4.92 Å². The lowest BCUT2D eigenvalue weighted by atomic mass is 10.2. The Hall–Kier alpha value is -2.35. The van der Waals surface area contributed by atoms with Crippen molar-refractivity contribution in [2.45, 2.75) is 19.6 Å². The fraction of sp³-hybridized carbons (Fsp3) is 0.368. The van der Waals surface area contributed by atoms with Gasteiger partial charge in [-0.1, -0.05) is 11.6 Å². The molecule has 0 spiro atoms. The van der Waals surface area contributed by atoms with E-state index in [4.69, 9.17) is 25.8 Å². The highest BCUT2D eigenvalue weighted by atomic mass is 35.5. The summed E-state index contributed by atoms with van der Waals surface area (Å²) in [4.78, 5) is 10.3. The van der Waals surface area contributed by atoms with Crippen LogP contribution in [0.1, 0.15) is 17.5 Å². The van der Waals surface area contributed by atoms with Crippen LogP contribution in [0.5, 0.6) is 11.5 Å². The highest BCUT2D eigenvalue weighted by Crippen LogP contribution is 2.34. The zero-order chi connectivity index (χ0) is 19.6. The van der Waals surface area contributed by atoms with Crippen LogP contribution in [0.2, 0.25) is 5.02 Å². The number of hydrogen-bond acceptors (Lipinski definition) is 6. The van der Waals surface area contributed by atoms with Crippen LogP contribution >= 0.6 is 11.6 Å². The average Bonchev–Trinajstić information content (AvgIpc) is 2.67. The van der Waals surface area contributed by atoms with Crippen molar-refractivity contribution in [3.05, 3.63) is 62.7 Å². The Labute approximate surface area is 163 Å². The lowest BCUT2D eigenvalue weighted by molar-refractivity contribution is -0.384. The second kappa shape index (κ2) is 10.7. The molecule has 0 amide bonds. The van der Waals surface area contributed by atoms with Crippen LogP contribution in [0.4, 0.5) is 5.69 Å². The van der Waals surface area contributed by atoms with E-state index in [1.165, 1.54) is 12.1 Å². The first-order valence-corrected chi connectivity index (χ1v) is 8.85. The number of nitrogens with zero attached hydrogens (tertiary/aromatic N) is 1. The van der Waals surface area contributed by atoms with E-state index >= 15 is 0 Å². The molecule has 0 aromatic heterocycles. The van der Waals surface area contributed by atoms with Gasteiger partial charge in [0.2, 0.25) is 0 Å². The van der Waals surface area contributed by atoms with Gasteiger partial charge in [0.1, 0.15) is 6.61 Å². The van der Waals surface area contributed by atoms with Crippen molar-refractivity contribution in [3.63, 3.8) is 0 Å². The molecule has 0 atom stereocenters. The van der Waals surface area contributed by atoms with Gasteiger partial charge in [-0.2, -0.15) is 0 Å². The molecule has 7 nitrogen and oxygen atoms in total. The molecular weight excluding hydrogens is 372 g/mol. The number of non-ortho nitro benzene ring substituents is 1. The molecule has 0 saturated heterocycles. The Morgan fingerprint density at radius 1 is 1.15 bits per heavy atom. The van der Waals surface area contributed by atoms with E-state index in [0.717, 1.165) is 24.1 Å². The summed E-state index contributed by atoms with van der Waals surface area (Å²) in [5, 5.41) is 14.6.